The van der Waals surface area contributed by atoms with Crippen LogP contribution in [0.2, 0.25) is 0 Å². The predicted octanol–water partition coefficient (Wildman–Crippen LogP) is 4.04. The van der Waals surface area contributed by atoms with Crippen molar-refractivity contribution in [1.29, 1.82) is 5.26 Å². The van der Waals surface area contributed by atoms with Crippen molar-refractivity contribution in [1.82, 2.24) is 9.55 Å². The van der Waals surface area contributed by atoms with Gasteiger partial charge in [-0.2, -0.15) is 5.26 Å². The first kappa shape index (κ1) is 18.0. The van der Waals surface area contributed by atoms with Crippen LogP contribution in [0.3, 0.4) is 0 Å². The second-order valence-electron chi connectivity index (χ2n) is 5.79. The van der Waals surface area contributed by atoms with E-state index >= 15 is 0 Å². The van der Waals surface area contributed by atoms with E-state index in [0.717, 1.165) is 0 Å². The van der Waals surface area contributed by atoms with Crippen LogP contribution in [0.25, 0.3) is 16.6 Å². The Hall–Kier alpha value is -2.78. The zero-order chi connectivity index (χ0) is 18.5. The van der Waals surface area contributed by atoms with Crippen molar-refractivity contribution >= 4 is 22.7 Å². The van der Waals surface area contributed by atoms with E-state index in [0.29, 0.717) is 39.9 Å². The van der Waals surface area contributed by atoms with Crippen LogP contribution in [-0.4, -0.2) is 21.9 Å². The first-order chi connectivity index (χ1) is 12.7. The molecule has 1 atom stereocenters. The molecule has 2 aromatic carbocycles. The number of benzene rings is 2. The molecule has 0 saturated heterocycles. The normalized spacial score (nSPS) is 11.9. The molecule has 5 nitrogen and oxygen atoms in total. The molecule has 0 spiro atoms. The van der Waals surface area contributed by atoms with Gasteiger partial charge >= 0.3 is 0 Å². The molecule has 1 heterocycles. The maximum atomic E-state index is 13.2. The maximum Gasteiger partial charge on any atom is 0.266 e. The average molecular weight is 365 g/mol. The molecule has 26 heavy (non-hydrogen) atoms. The van der Waals surface area contributed by atoms with E-state index in [9.17, 15) is 4.79 Å². The second kappa shape index (κ2) is 8.07. The molecule has 3 aromatic rings. The monoisotopic (exact) mass is 365 g/mol. The summed E-state index contributed by atoms with van der Waals surface area (Å²) in [5, 5.41) is 10.2. The Morgan fingerprint density at radius 1 is 1.23 bits per heavy atom. The van der Waals surface area contributed by atoms with Crippen molar-refractivity contribution in [3.63, 3.8) is 0 Å². The lowest BCUT2D eigenvalue weighted by atomic mass is 10.2. The summed E-state index contributed by atoms with van der Waals surface area (Å²) >= 11 is 1.40. The summed E-state index contributed by atoms with van der Waals surface area (Å²) in [7, 11) is 0. The first-order valence-corrected chi connectivity index (χ1v) is 9.40. The molecule has 0 aliphatic heterocycles. The Morgan fingerprint density at radius 3 is 2.73 bits per heavy atom. The highest BCUT2D eigenvalue weighted by Gasteiger charge is 2.17. The lowest BCUT2D eigenvalue weighted by molar-refractivity contribution is 0.338. The predicted molar refractivity (Wildman–Crippen MR) is 104 cm³/mol. The Bertz CT molecular complexity index is 1020. The van der Waals surface area contributed by atoms with Crippen molar-refractivity contribution in [2.24, 2.45) is 5.92 Å². The van der Waals surface area contributed by atoms with Crippen LogP contribution >= 0.6 is 11.8 Å². The standard InChI is InChI=1S/C20H19N3O2S/c1-3-25-18-11-7-6-10-17(18)23-19(24)15-8-4-5-9-16(15)22-20(23)26-13-14(2)12-21/h4-11,14H,3,13H2,1-2H3/t14-/m0/s1. The number of ether oxygens (including phenoxy) is 1. The molecule has 132 valence electrons. The van der Waals surface area contributed by atoms with Gasteiger partial charge in [-0.1, -0.05) is 36.0 Å². The van der Waals surface area contributed by atoms with Crippen LogP contribution < -0.4 is 10.3 Å². The third-order valence-electron chi connectivity index (χ3n) is 3.83. The summed E-state index contributed by atoms with van der Waals surface area (Å²) in [5.41, 5.74) is 1.16. The number of nitrogens with zero attached hydrogens (tertiary/aromatic N) is 3. The summed E-state index contributed by atoms with van der Waals surface area (Å²) in [6, 6.07) is 16.9. The summed E-state index contributed by atoms with van der Waals surface area (Å²) < 4.78 is 7.30. The highest BCUT2D eigenvalue weighted by atomic mass is 32.2. The molecule has 0 radical (unpaired) electrons. The zero-order valence-electron chi connectivity index (χ0n) is 14.7. The van der Waals surface area contributed by atoms with Gasteiger partial charge in [-0.25, -0.2) is 4.98 Å². The summed E-state index contributed by atoms with van der Waals surface area (Å²) in [6.07, 6.45) is 0. The molecule has 0 N–H and O–H groups in total. The Kier molecular flexibility index (Phi) is 5.59. The minimum Gasteiger partial charge on any atom is -0.492 e. The quantitative estimate of drug-likeness (QED) is 0.487. The SMILES string of the molecule is CCOc1ccccc1-n1c(SC[C@@H](C)C#N)nc2ccccc2c1=O. The van der Waals surface area contributed by atoms with Crippen LogP contribution in [0.1, 0.15) is 13.8 Å². The number of hydrogen-bond acceptors (Lipinski definition) is 5. The van der Waals surface area contributed by atoms with E-state index in [1.807, 2.05) is 56.3 Å². The number of aromatic nitrogens is 2. The minimum absolute atomic E-state index is 0.140. The van der Waals surface area contributed by atoms with Crippen LogP contribution in [0.15, 0.2) is 58.5 Å². The van der Waals surface area contributed by atoms with Gasteiger partial charge in [-0.15, -0.1) is 0 Å². The summed E-state index contributed by atoms with van der Waals surface area (Å²) in [6.45, 7) is 4.26. The first-order valence-electron chi connectivity index (χ1n) is 8.42. The molecule has 0 fully saturated rings. The molecule has 0 aliphatic carbocycles. The Labute approximate surface area is 156 Å². The largest absolute Gasteiger partial charge is 0.492 e. The van der Waals surface area contributed by atoms with Crippen LogP contribution in [-0.2, 0) is 0 Å². The minimum atomic E-state index is -0.144. The van der Waals surface area contributed by atoms with Crippen molar-refractivity contribution in [3.8, 4) is 17.5 Å². The highest BCUT2D eigenvalue weighted by molar-refractivity contribution is 7.99. The molecule has 0 saturated carbocycles. The van der Waals surface area contributed by atoms with Gasteiger partial charge in [0.15, 0.2) is 5.16 Å². The highest BCUT2D eigenvalue weighted by Crippen LogP contribution is 2.28. The summed E-state index contributed by atoms with van der Waals surface area (Å²) in [5.74, 6) is 1.04. The van der Waals surface area contributed by atoms with E-state index in [4.69, 9.17) is 10.00 Å². The molecule has 0 unspecified atom stereocenters. The van der Waals surface area contributed by atoms with Crippen molar-refractivity contribution in [2.45, 2.75) is 19.0 Å². The number of nitriles is 1. The lowest BCUT2D eigenvalue weighted by Gasteiger charge is -2.16. The Morgan fingerprint density at radius 2 is 1.96 bits per heavy atom. The van der Waals surface area contributed by atoms with Gasteiger partial charge in [0.25, 0.3) is 5.56 Å². The van der Waals surface area contributed by atoms with E-state index in [1.165, 1.54) is 11.8 Å². The van der Waals surface area contributed by atoms with Crippen LogP contribution in [0.5, 0.6) is 5.75 Å². The summed E-state index contributed by atoms with van der Waals surface area (Å²) in [4.78, 5) is 17.9. The third-order valence-corrected chi connectivity index (χ3v) is 5.03. The van der Waals surface area contributed by atoms with Crippen molar-refractivity contribution < 1.29 is 4.74 Å². The molecule has 3 rings (SSSR count). The number of thioether (sulfide) groups is 1. The molecular weight excluding hydrogens is 346 g/mol. The number of para-hydroxylation sites is 3. The maximum absolute atomic E-state index is 13.2. The molecule has 0 aliphatic rings. The number of rotatable bonds is 6. The Balaban J connectivity index is 2.23. The molecule has 6 heteroatoms. The molecular formula is C20H19N3O2S. The molecule has 0 amide bonds. The van der Waals surface area contributed by atoms with Crippen LogP contribution in [0, 0.1) is 17.2 Å². The molecule has 0 bridgehead atoms. The van der Waals surface area contributed by atoms with Gasteiger partial charge in [0.1, 0.15) is 5.75 Å². The van der Waals surface area contributed by atoms with Crippen molar-refractivity contribution in [2.75, 3.05) is 12.4 Å². The smallest absolute Gasteiger partial charge is 0.266 e. The van der Waals surface area contributed by atoms with E-state index in [1.54, 1.807) is 10.6 Å². The average Bonchev–Trinajstić information content (AvgIpc) is 2.67. The van der Waals surface area contributed by atoms with Gasteiger partial charge < -0.3 is 4.74 Å². The van der Waals surface area contributed by atoms with Gasteiger partial charge in [0, 0.05) is 5.75 Å². The third kappa shape index (κ3) is 3.58. The fraction of sp³-hybridized carbons (Fsp3) is 0.250. The van der Waals surface area contributed by atoms with Crippen molar-refractivity contribution in [3.05, 3.63) is 58.9 Å². The fourth-order valence-corrected chi connectivity index (χ4v) is 3.52. The molecule has 1 aromatic heterocycles. The number of hydrogen-bond donors (Lipinski definition) is 0. The van der Waals surface area contributed by atoms with E-state index in [2.05, 4.69) is 11.1 Å². The van der Waals surface area contributed by atoms with E-state index in [-0.39, 0.29) is 11.5 Å². The van der Waals surface area contributed by atoms with Crippen LogP contribution in [0.4, 0.5) is 0 Å². The fourth-order valence-electron chi connectivity index (χ4n) is 2.58. The lowest BCUT2D eigenvalue weighted by Crippen LogP contribution is -2.22. The number of fused-ring (bicyclic) bond motifs is 1. The van der Waals surface area contributed by atoms with E-state index < -0.39 is 0 Å². The second-order valence-corrected chi connectivity index (χ2v) is 6.78. The zero-order valence-corrected chi connectivity index (χ0v) is 15.5. The van der Waals surface area contributed by atoms with Gasteiger partial charge in [-0.3, -0.25) is 9.36 Å². The van der Waals surface area contributed by atoms with Gasteiger partial charge in [0.05, 0.1) is 35.2 Å². The van der Waals surface area contributed by atoms with Gasteiger partial charge in [0.2, 0.25) is 0 Å². The topological polar surface area (TPSA) is 67.9 Å². The van der Waals surface area contributed by atoms with Gasteiger partial charge in [-0.05, 0) is 38.1 Å².